The van der Waals surface area contributed by atoms with Gasteiger partial charge in [-0.15, -0.1) is 0 Å². The van der Waals surface area contributed by atoms with Gasteiger partial charge in [0.15, 0.2) is 5.82 Å². The highest BCUT2D eigenvalue weighted by atomic mass is 35.5. The summed E-state index contributed by atoms with van der Waals surface area (Å²) < 4.78 is 7.34. The Bertz CT molecular complexity index is 1520. The molecular weight excluding hydrogens is 474 g/mol. The highest BCUT2D eigenvalue weighted by Gasteiger charge is 2.28. The van der Waals surface area contributed by atoms with Gasteiger partial charge in [-0.05, 0) is 31.0 Å². The third kappa shape index (κ3) is 4.35. The second kappa shape index (κ2) is 9.22. The minimum absolute atomic E-state index is 0.0247. The number of rotatable bonds is 6. The van der Waals surface area contributed by atoms with Crippen molar-refractivity contribution in [2.24, 2.45) is 0 Å². The molecule has 4 aromatic rings. The Morgan fingerprint density at radius 1 is 1.26 bits per heavy atom. The number of H-pyrrole nitrogens is 1. The molecule has 1 aliphatic heterocycles. The van der Waals surface area contributed by atoms with E-state index in [4.69, 9.17) is 16.3 Å². The van der Waals surface area contributed by atoms with Crippen molar-refractivity contribution < 1.29 is 14.6 Å². The van der Waals surface area contributed by atoms with Crippen LogP contribution in [-0.2, 0) is 0 Å². The number of aromatic carboxylic acids is 1. The van der Waals surface area contributed by atoms with Gasteiger partial charge in [0, 0.05) is 36.6 Å². The molecule has 0 bridgehead atoms. The fourth-order valence-corrected chi connectivity index (χ4v) is 4.58. The van der Waals surface area contributed by atoms with Crippen molar-refractivity contribution in [1.29, 1.82) is 0 Å². The van der Waals surface area contributed by atoms with Gasteiger partial charge < -0.3 is 19.7 Å². The topological polar surface area (TPSA) is 130 Å². The maximum Gasteiger partial charge on any atom is 0.341 e. The largest absolute Gasteiger partial charge is 0.477 e. The van der Waals surface area contributed by atoms with E-state index in [9.17, 15) is 19.5 Å². The van der Waals surface area contributed by atoms with Gasteiger partial charge in [-0.2, -0.15) is 0 Å². The number of halogens is 1. The molecule has 35 heavy (non-hydrogen) atoms. The van der Waals surface area contributed by atoms with Crippen LogP contribution in [-0.4, -0.2) is 49.8 Å². The van der Waals surface area contributed by atoms with Crippen LogP contribution in [0.2, 0.25) is 5.02 Å². The van der Waals surface area contributed by atoms with Crippen molar-refractivity contribution >= 4 is 34.2 Å². The van der Waals surface area contributed by atoms with Gasteiger partial charge in [0.1, 0.15) is 12.2 Å². The minimum atomic E-state index is -1.37. The summed E-state index contributed by atoms with van der Waals surface area (Å²) in [6, 6.07) is 8.71. The maximum absolute atomic E-state index is 12.9. The molecule has 1 fully saturated rings. The zero-order chi connectivity index (χ0) is 24.5. The number of ether oxygens (including phenoxy) is 1. The van der Waals surface area contributed by atoms with Gasteiger partial charge in [-0.25, -0.2) is 14.8 Å². The number of hydrogen-bond acceptors (Lipinski definition) is 7. The quantitative estimate of drug-likeness (QED) is 0.419. The van der Waals surface area contributed by atoms with Crippen molar-refractivity contribution in [3.8, 4) is 11.7 Å². The highest BCUT2D eigenvalue weighted by Crippen LogP contribution is 2.35. The molecule has 2 N–H and O–H groups in total. The zero-order valence-electron chi connectivity index (χ0n) is 18.3. The van der Waals surface area contributed by atoms with Gasteiger partial charge in [0.05, 0.1) is 28.5 Å². The molecule has 1 saturated heterocycles. The van der Waals surface area contributed by atoms with Crippen molar-refractivity contribution in [3.63, 3.8) is 0 Å². The van der Waals surface area contributed by atoms with Crippen LogP contribution in [0.1, 0.15) is 23.2 Å². The van der Waals surface area contributed by atoms with Crippen molar-refractivity contribution in [2.45, 2.75) is 18.9 Å². The molecule has 10 nitrogen and oxygen atoms in total. The van der Waals surface area contributed by atoms with Crippen LogP contribution in [0.15, 0.2) is 64.7 Å². The van der Waals surface area contributed by atoms with Gasteiger partial charge >= 0.3 is 5.97 Å². The zero-order valence-corrected chi connectivity index (χ0v) is 19.1. The Labute approximate surface area is 203 Å². The molecule has 0 amide bonds. The molecule has 4 heterocycles. The van der Waals surface area contributed by atoms with E-state index < -0.39 is 22.5 Å². The Kier molecular flexibility index (Phi) is 5.96. The molecular formula is C24H20ClN5O5. The lowest BCUT2D eigenvalue weighted by atomic mass is 10.1. The Morgan fingerprint density at radius 3 is 2.83 bits per heavy atom. The van der Waals surface area contributed by atoms with Crippen molar-refractivity contribution in [3.05, 3.63) is 86.3 Å². The predicted molar refractivity (Wildman–Crippen MR) is 130 cm³/mol. The second-order valence-corrected chi connectivity index (χ2v) is 8.51. The fourth-order valence-electron chi connectivity index (χ4n) is 4.30. The number of anilines is 1. The van der Waals surface area contributed by atoms with E-state index >= 15 is 0 Å². The average Bonchev–Trinajstić information content (AvgIpc) is 3.32. The molecule has 0 radical (unpaired) electrons. The number of hydrogen-bond donors (Lipinski definition) is 2. The first kappa shape index (κ1) is 22.6. The van der Waals surface area contributed by atoms with E-state index in [1.165, 1.54) is 23.0 Å². The first-order valence-electron chi connectivity index (χ1n) is 10.9. The summed E-state index contributed by atoms with van der Waals surface area (Å²) in [5, 5.41) is 10.0. The molecule has 1 aromatic carbocycles. The number of fused-ring (bicyclic) bond motifs is 1. The van der Waals surface area contributed by atoms with Crippen LogP contribution in [0.3, 0.4) is 0 Å². The van der Waals surface area contributed by atoms with Gasteiger partial charge in [-0.3, -0.25) is 14.2 Å². The number of aromatic amines is 1. The molecule has 1 unspecified atom stereocenters. The number of aromatic nitrogens is 4. The lowest BCUT2D eigenvalue weighted by Crippen LogP contribution is -2.34. The summed E-state index contributed by atoms with van der Waals surface area (Å²) in [6.45, 7) is 1.13. The molecule has 3 aromatic heterocycles. The standard InChI is InChI=1S/C24H20ClN5O5/c25-17-8-15-18(30(12-16(23(15)32)24(33)34)20-10-28-21(31)11-27-20)9-19(17)29-7-3-4-14(29)13-35-22-5-1-2-6-26-22/h1-2,5-6,8-12,14H,3-4,7,13H2,(H,28,31)(H,33,34). The summed E-state index contributed by atoms with van der Waals surface area (Å²) in [4.78, 5) is 49.1. The third-order valence-corrected chi connectivity index (χ3v) is 6.26. The summed E-state index contributed by atoms with van der Waals surface area (Å²) in [5.41, 5.74) is -0.397. The number of carbonyl (C=O) groups is 1. The van der Waals surface area contributed by atoms with E-state index in [1.54, 1.807) is 18.3 Å². The molecule has 0 spiro atoms. The van der Waals surface area contributed by atoms with E-state index in [-0.39, 0.29) is 17.2 Å². The molecule has 5 rings (SSSR count). The average molecular weight is 494 g/mol. The van der Waals surface area contributed by atoms with Crippen molar-refractivity contribution in [2.75, 3.05) is 18.1 Å². The van der Waals surface area contributed by atoms with E-state index in [0.717, 1.165) is 25.6 Å². The van der Waals surface area contributed by atoms with Crippen molar-refractivity contribution in [1.82, 2.24) is 19.5 Å². The molecule has 1 aliphatic rings. The number of carboxylic acid groups (broad SMARTS) is 1. The third-order valence-electron chi connectivity index (χ3n) is 5.95. The van der Waals surface area contributed by atoms with Gasteiger partial charge in [-0.1, -0.05) is 17.7 Å². The fraction of sp³-hybridized carbons (Fsp3) is 0.208. The second-order valence-electron chi connectivity index (χ2n) is 8.11. The number of pyridine rings is 2. The minimum Gasteiger partial charge on any atom is -0.477 e. The number of nitrogens with zero attached hydrogens (tertiary/aromatic N) is 4. The van der Waals surface area contributed by atoms with Crippen LogP contribution in [0.25, 0.3) is 16.7 Å². The Hall–Kier alpha value is -4.18. The molecule has 0 aliphatic carbocycles. The number of nitrogens with one attached hydrogen (secondary N) is 1. The number of carboxylic acids is 1. The summed E-state index contributed by atoms with van der Waals surface area (Å²) in [7, 11) is 0. The lowest BCUT2D eigenvalue weighted by molar-refractivity contribution is 0.0695. The SMILES string of the molecule is O=C(O)c1cn(-c2c[nH]c(=O)cn2)c2cc(N3CCCC3COc3ccccn3)c(Cl)cc2c1=O. The van der Waals surface area contributed by atoms with E-state index in [1.807, 2.05) is 12.1 Å². The first-order chi connectivity index (χ1) is 16.9. The summed E-state index contributed by atoms with van der Waals surface area (Å²) in [5.74, 6) is -0.591. The monoisotopic (exact) mass is 493 g/mol. The lowest BCUT2D eigenvalue weighted by Gasteiger charge is -2.28. The van der Waals surface area contributed by atoms with Crippen LogP contribution < -0.4 is 20.6 Å². The maximum atomic E-state index is 12.9. The smallest absolute Gasteiger partial charge is 0.341 e. The van der Waals surface area contributed by atoms with Crippen LogP contribution in [0, 0.1) is 0 Å². The first-order valence-corrected chi connectivity index (χ1v) is 11.3. The normalized spacial score (nSPS) is 15.5. The van der Waals surface area contributed by atoms with E-state index in [2.05, 4.69) is 19.9 Å². The predicted octanol–water partition coefficient (Wildman–Crippen LogP) is 2.87. The Balaban J connectivity index is 1.61. The summed E-state index contributed by atoms with van der Waals surface area (Å²) >= 11 is 6.64. The molecule has 0 saturated carbocycles. The number of benzene rings is 1. The van der Waals surface area contributed by atoms with Crippen LogP contribution in [0.5, 0.6) is 5.88 Å². The molecule has 1 atom stereocenters. The highest BCUT2D eigenvalue weighted by molar-refractivity contribution is 6.34. The van der Waals surface area contributed by atoms with E-state index in [0.29, 0.717) is 28.7 Å². The van der Waals surface area contributed by atoms with Crippen LogP contribution in [0.4, 0.5) is 5.69 Å². The summed E-state index contributed by atoms with van der Waals surface area (Å²) in [6.07, 6.45) is 7.12. The van der Waals surface area contributed by atoms with Gasteiger partial charge in [0.2, 0.25) is 11.3 Å². The molecule has 11 heteroatoms. The molecule has 178 valence electrons. The van der Waals surface area contributed by atoms with Gasteiger partial charge in [0.25, 0.3) is 5.56 Å². The Morgan fingerprint density at radius 2 is 2.11 bits per heavy atom. The van der Waals surface area contributed by atoms with Crippen LogP contribution >= 0.6 is 11.6 Å².